The van der Waals surface area contributed by atoms with Crippen LogP contribution in [-0.4, -0.2) is 42.1 Å². The fraction of sp³-hybridized carbons (Fsp3) is 0.296. The molecule has 0 bridgehead atoms. The first kappa shape index (κ1) is 26.3. The Hall–Kier alpha value is -3.72. The number of hydrogen-bond acceptors (Lipinski definition) is 5. The van der Waals surface area contributed by atoms with Crippen molar-refractivity contribution in [3.05, 3.63) is 82.5 Å². The highest BCUT2D eigenvalue weighted by atomic mass is 35.5. The zero-order valence-corrected chi connectivity index (χ0v) is 21.4. The quantitative estimate of drug-likeness (QED) is 0.459. The molecule has 1 saturated heterocycles. The van der Waals surface area contributed by atoms with Gasteiger partial charge in [0.15, 0.2) is 11.6 Å². The third-order valence-electron chi connectivity index (χ3n) is 6.15. The summed E-state index contributed by atoms with van der Waals surface area (Å²) in [5, 5.41) is 3.11. The van der Waals surface area contributed by atoms with E-state index in [4.69, 9.17) is 21.1 Å². The molecule has 2 heterocycles. The van der Waals surface area contributed by atoms with E-state index in [1.165, 1.54) is 42.5 Å². The highest BCUT2D eigenvalue weighted by Gasteiger charge is 2.51. The second-order valence-electron chi connectivity index (χ2n) is 8.93. The molecule has 2 amide bonds. The number of aromatic nitrogens is 1. The minimum atomic E-state index is -1.30. The summed E-state index contributed by atoms with van der Waals surface area (Å²) < 4.78 is 41.4. The number of methoxy groups -OCH3 is 1. The molecule has 7 nitrogen and oxygen atoms in total. The van der Waals surface area contributed by atoms with Crippen molar-refractivity contribution >= 4 is 29.2 Å². The smallest absolute Gasteiger partial charge is 0.251 e. The summed E-state index contributed by atoms with van der Waals surface area (Å²) in [6.45, 7) is 5.30. The fourth-order valence-corrected chi connectivity index (χ4v) is 4.66. The number of nitrogens with one attached hydrogen (secondary N) is 1. The highest BCUT2D eigenvalue weighted by molar-refractivity contribution is 6.30. The predicted molar refractivity (Wildman–Crippen MR) is 135 cm³/mol. The van der Waals surface area contributed by atoms with Crippen LogP contribution in [-0.2, 0) is 4.79 Å². The molecule has 4 rings (SSSR count). The van der Waals surface area contributed by atoms with Crippen molar-refractivity contribution in [3.8, 4) is 11.5 Å². The first-order chi connectivity index (χ1) is 17.6. The monoisotopic (exact) mass is 529 g/mol. The molecule has 0 aliphatic carbocycles. The fourth-order valence-electron chi connectivity index (χ4n) is 4.53. The first-order valence-electron chi connectivity index (χ1n) is 11.7. The van der Waals surface area contributed by atoms with Crippen LogP contribution in [0.15, 0.2) is 54.7 Å². The molecular weight excluding hydrogens is 504 g/mol. The molecule has 0 saturated carbocycles. The zero-order valence-electron chi connectivity index (χ0n) is 20.7. The molecule has 1 fully saturated rings. The van der Waals surface area contributed by atoms with Crippen molar-refractivity contribution in [2.45, 2.75) is 44.9 Å². The van der Waals surface area contributed by atoms with Gasteiger partial charge in [-0.25, -0.2) is 13.8 Å². The van der Waals surface area contributed by atoms with Crippen LogP contribution < -0.4 is 19.7 Å². The third-order valence-corrected chi connectivity index (χ3v) is 6.40. The molecule has 2 aromatic carbocycles. The maximum atomic E-state index is 15.3. The minimum absolute atomic E-state index is 0.00771. The predicted octanol–water partition coefficient (Wildman–Crippen LogP) is 5.13. The normalized spacial score (nSPS) is 19.3. The Labute approximate surface area is 218 Å². The summed E-state index contributed by atoms with van der Waals surface area (Å²) >= 11 is 5.92. The maximum absolute atomic E-state index is 15.3. The van der Waals surface area contributed by atoms with Gasteiger partial charge in [0.25, 0.3) is 11.8 Å². The van der Waals surface area contributed by atoms with Crippen LogP contribution in [0.1, 0.15) is 42.6 Å². The molecule has 10 heteroatoms. The molecule has 0 spiro atoms. The lowest BCUT2D eigenvalue weighted by molar-refractivity contribution is -0.118. The average molecular weight is 530 g/mol. The van der Waals surface area contributed by atoms with Crippen LogP contribution in [0.5, 0.6) is 11.5 Å². The molecule has 3 atom stereocenters. The summed E-state index contributed by atoms with van der Waals surface area (Å²) in [5.41, 5.74) is -0.104. The summed E-state index contributed by atoms with van der Waals surface area (Å²) in [6.07, 6.45) is 1.27. The molecule has 0 radical (unpaired) electrons. The molecular formula is C27H26ClF2N3O4. The lowest BCUT2D eigenvalue weighted by atomic mass is 9.87. The second kappa shape index (κ2) is 10.7. The number of benzene rings is 2. The number of rotatable bonds is 7. The van der Waals surface area contributed by atoms with E-state index < -0.39 is 41.5 Å². The Balaban J connectivity index is 1.81. The van der Waals surface area contributed by atoms with Crippen LogP contribution in [0.3, 0.4) is 0 Å². The van der Waals surface area contributed by atoms with Crippen molar-refractivity contribution in [1.82, 2.24) is 10.3 Å². The van der Waals surface area contributed by atoms with E-state index in [1.807, 2.05) is 13.8 Å². The largest absolute Gasteiger partial charge is 0.497 e. The van der Waals surface area contributed by atoms with E-state index in [0.29, 0.717) is 10.8 Å². The Bertz CT molecular complexity index is 1300. The lowest BCUT2D eigenvalue weighted by Gasteiger charge is -2.26. The van der Waals surface area contributed by atoms with Gasteiger partial charge in [0.1, 0.15) is 23.4 Å². The number of halogens is 3. The standard InChI is InChI=1S/C27H26ClF2N3O4/c1-14(2)37-21-6-5-11-31-25(21)33-15(3)22(23-19(29)12-18(36-4)13-20(23)30)24(27(33)35)32-26(34)16-7-9-17(28)10-8-16/h5-15,22,24H,1-4H3,(H,32,34)/t15-,22-,24?/m0/s1. The Morgan fingerprint density at radius 1 is 1.14 bits per heavy atom. The van der Waals surface area contributed by atoms with Gasteiger partial charge < -0.3 is 14.8 Å². The number of anilines is 1. The van der Waals surface area contributed by atoms with Gasteiger partial charge in [0, 0.05) is 46.4 Å². The van der Waals surface area contributed by atoms with Crippen molar-refractivity contribution in [2.24, 2.45) is 0 Å². The van der Waals surface area contributed by atoms with Crippen LogP contribution in [0.25, 0.3) is 0 Å². The molecule has 1 N–H and O–H groups in total. The number of pyridine rings is 1. The SMILES string of the molecule is COc1cc(F)c([C@H]2C(NC(=O)c3ccc(Cl)cc3)C(=O)N(c3ncccc3OC(C)C)[C@H]2C)c(F)c1. The summed E-state index contributed by atoms with van der Waals surface area (Å²) in [4.78, 5) is 32.6. The number of carbonyl (C=O) groups excluding carboxylic acids is 2. The van der Waals surface area contributed by atoms with Gasteiger partial charge in [0.2, 0.25) is 0 Å². The number of hydrogen-bond donors (Lipinski definition) is 1. The van der Waals surface area contributed by atoms with Crippen LogP contribution in [0.2, 0.25) is 5.02 Å². The Morgan fingerprint density at radius 2 is 1.78 bits per heavy atom. The van der Waals surface area contributed by atoms with E-state index >= 15 is 8.78 Å². The molecule has 37 heavy (non-hydrogen) atoms. The Morgan fingerprint density at radius 3 is 2.38 bits per heavy atom. The van der Waals surface area contributed by atoms with Crippen molar-refractivity contribution < 1.29 is 27.8 Å². The number of amides is 2. The van der Waals surface area contributed by atoms with E-state index in [1.54, 1.807) is 19.1 Å². The molecule has 1 unspecified atom stereocenters. The second-order valence-corrected chi connectivity index (χ2v) is 9.37. The lowest BCUT2D eigenvalue weighted by Crippen LogP contribution is -2.44. The van der Waals surface area contributed by atoms with Gasteiger partial charge in [-0.15, -0.1) is 0 Å². The summed E-state index contributed by atoms with van der Waals surface area (Å²) in [6, 6.07) is 9.36. The highest BCUT2D eigenvalue weighted by Crippen LogP contribution is 2.42. The van der Waals surface area contributed by atoms with Crippen molar-refractivity contribution in [2.75, 3.05) is 12.0 Å². The van der Waals surface area contributed by atoms with Crippen LogP contribution in [0.4, 0.5) is 14.6 Å². The Kier molecular flexibility index (Phi) is 7.63. The van der Waals surface area contributed by atoms with Gasteiger partial charge >= 0.3 is 0 Å². The summed E-state index contributed by atoms with van der Waals surface area (Å²) in [7, 11) is 1.30. The van der Waals surface area contributed by atoms with Crippen molar-refractivity contribution in [3.63, 3.8) is 0 Å². The molecule has 1 aromatic heterocycles. The van der Waals surface area contributed by atoms with Crippen LogP contribution >= 0.6 is 11.6 Å². The molecule has 3 aromatic rings. The zero-order chi connectivity index (χ0) is 26.9. The first-order valence-corrected chi connectivity index (χ1v) is 12.0. The van der Waals surface area contributed by atoms with Crippen molar-refractivity contribution in [1.29, 1.82) is 0 Å². The number of carbonyl (C=O) groups is 2. The van der Waals surface area contributed by atoms with Gasteiger partial charge in [-0.1, -0.05) is 11.6 Å². The summed E-state index contributed by atoms with van der Waals surface area (Å²) in [5.74, 6) is -3.55. The number of ether oxygens (including phenoxy) is 2. The maximum Gasteiger partial charge on any atom is 0.251 e. The van der Waals surface area contributed by atoms with Gasteiger partial charge in [0.05, 0.1) is 13.2 Å². The van der Waals surface area contributed by atoms with E-state index in [0.717, 1.165) is 12.1 Å². The van der Waals surface area contributed by atoms with Gasteiger partial charge in [-0.3, -0.25) is 14.5 Å². The van der Waals surface area contributed by atoms with E-state index in [-0.39, 0.29) is 28.8 Å². The third kappa shape index (κ3) is 5.22. The molecule has 194 valence electrons. The van der Waals surface area contributed by atoms with E-state index in [9.17, 15) is 9.59 Å². The minimum Gasteiger partial charge on any atom is -0.497 e. The van der Waals surface area contributed by atoms with Gasteiger partial charge in [-0.2, -0.15) is 0 Å². The van der Waals surface area contributed by atoms with E-state index in [2.05, 4.69) is 10.3 Å². The number of nitrogens with zero attached hydrogens (tertiary/aromatic N) is 2. The van der Waals surface area contributed by atoms with Crippen LogP contribution in [0, 0.1) is 11.6 Å². The van der Waals surface area contributed by atoms with Gasteiger partial charge in [-0.05, 0) is 57.2 Å². The molecule has 1 aliphatic rings. The average Bonchev–Trinajstić information content (AvgIpc) is 3.08. The molecule has 1 aliphatic heterocycles. The topological polar surface area (TPSA) is 80.8 Å².